The summed E-state index contributed by atoms with van der Waals surface area (Å²) in [6.07, 6.45) is -1.97. The van der Waals surface area contributed by atoms with E-state index in [1.165, 1.54) is 43.8 Å². The number of aromatic amines is 1. The highest BCUT2D eigenvalue weighted by Gasteiger charge is 2.38. The van der Waals surface area contributed by atoms with Crippen LogP contribution in [-0.4, -0.2) is 36.6 Å². The van der Waals surface area contributed by atoms with Gasteiger partial charge in [0.25, 0.3) is 5.91 Å². The number of hydrogen-bond donors (Lipinski definition) is 2. The molecule has 0 fully saturated rings. The molecular weight excluding hydrogens is 473 g/mol. The van der Waals surface area contributed by atoms with Crippen molar-refractivity contribution in [2.45, 2.75) is 22.5 Å². The molecule has 176 valence electrons. The third-order valence-corrected chi connectivity index (χ3v) is 6.85. The molecule has 2 N–H and O–H groups in total. The number of carbonyl (C=O) groups is 1. The molecular formula is C22H17F3N4O4S. The van der Waals surface area contributed by atoms with E-state index in [2.05, 4.69) is 20.5 Å². The molecule has 34 heavy (non-hydrogen) atoms. The minimum absolute atomic E-state index is 0.0684. The highest BCUT2D eigenvalue weighted by molar-refractivity contribution is 7.91. The summed E-state index contributed by atoms with van der Waals surface area (Å²) in [4.78, 5) is 15.3. The summed E-state index contributed by atoms with van der Waals surface area (Å²) in [7, 11) is -3.28. The number of ether oxygens (including phenoxy) is 1. The van der Waals surface area contributed by atoms with Gasteiger partial charge in [0, 0.05) is 18.1 Å². The molecule has 2 heterocycles. The summed E-state index contributed by atoms with van der Waals surface area (Å²) < 4.78 is 71.1. The number of sulfone groups is 1. The standard InChI is InChI=1S/C22H17F3N4O4S/c1-33-16-4-7-19(18(9-16)22(23,24)25)34(31,32)17-5-2-13(3-6-17)10-27-21(30)15-8-14-12-28-29-20(14)26-11-15/h2-9,11-12H,10H2,1H3,(H,27,30)(H,26,28,29). The van der Waals surface area contributed by atoms with Gasteiger partial charge in [-0.25, -0.2) is 13.4 Å². The normalized spacial score (nSPS) is 12.0. The number of H-pyrrole nitrogens is 1. The Morgan fingerprint density at radius 1 is 1.09 bits per heavy atom. The van der Waals surface area contributed by atoms with E-state index < -0.39 is 32.4 Å². The van der Waals surface area contributed by atoms with Gasteiger partial charge in [0.15, 0.2) is 5.65 Å². The summed E-state index contributed by atoms with van der Waals surface area (Å²) in [6.45, 7) is 0.0684. The Hall–Kier alpha value is -3.93. The van der Waals surface area contributed by atoms with Crippen molar-refractivity contribution in [3.63, 3.8) is 0 Å². The molecule has 0 saturated heterocycles. The predicted octanol–water partition coefficient (Wildman–Crippen LogP) is 3.75. The van der Waals surface area contributed by atoms with Gasteiger partial charge >= 0.3 is 6.18 Å². The van der Waals surface area contributed by atoms with Crippen molar-refractivity contribution in [2.75, 3.05) is 7.11 Å². The van der Waals surface area contributed by atoms with Gasteiger partial charge in [-0.1, -0.05) is 12.1 Å². The maximum Gasteiger partial charge on any atom is 0.417 e. The number of benzene rings is 2. The number of alkyl halides is 3. The first kappa shape index (κ1) is 23.2. The summed E-state index contributed by atoms with van der Waals surface area (Å²) >= 11 is 0. The number of carbonyl (C=O) groups excluding carboxylic acids is 1. The fraction of sp³-hybridized carbons (Fsp3) is 0.136. The van der Waals surface area contributed by atoms with Crippen LogP contribution < -0.4 is 10.1 Å². The highest BCUT2D eigenvalue weighted by Crippen LogP contribution is 2.38. The van der Waals surface area contributed by atoms with Crippen LogP contribution in [0.4, 0.5) is 13.2 Å². The Kier molecular flexibility index (Phi) is 6.00. The van der Waals surface area contributed by atoms with Crippen LogP contribution >= 0.6 is 0 Å². The van der Waals surface area contributed by atoms with E-state index in [4.69, 9.17) is 4.74 Å². The van der Waals surface area contributed by atoms with Crippen LogP contribution in [0.25, 0.3) is 11.0 Å². The molecule has 2 aromatic carbocycles. The van der Waals surface area contributed by atoms with Crippen molar-refractivity contribution in [1.29, 1.82) is 0 Å². The quantitative estimate of drug-likeness (QED) is 0.426. The number of halogens is 3. The fourth-order valence-corrected chi connectivity index (χ4v) is 4.71. The zero-order valence-corrected chi connectivity index (χ0v) is 18.4. The zero-order valence-electron chi connectivity index (χ0n) is 17.6. The van der Waals surface area contributed by atoms with Gasteiger partial charge in [-0.05, 0) is 42.0 Å². The Labute approximate surface area is 191 Å². The smallest absolute Gasteiger partial charge is 0.417 e. The van der Waals surface area contributed by atoms with E-state index in [9.17, 15) is 26.4 Å². The number of amides is 1. The second kappa shape index (κ2) is 8.78. The molecule has 2 aromatic heterocycles. The largest absolute Gasteiger partial charge is 0.497 e. The van der Waals surface area contributed by atoms with Crippen molar-refractivity contribution in [2.24, 2.45) is 0 Å². The molecule has 0 spiro atoms. The summed E-state index contributed by atoms with van der Waals surface area (Å²) in [6, 6.07) is 9.51. The van der Waals surface area contributed by atoms with Crippen LogP contribution in [0.1, 0.15) is 21.5 Å². The summed E-state index contributed by atoms with van der Waals surface area (Å²) in [5.41, 5.74) is 0.0907. The third-order valence-electron chi connectivity index (χ3n) is 5.02. The van der Waals surface area contributed by atoms with Gasteiger partial charge in [-0.3, -0.25) is 9.89 Å². The SMILES string of the molecule is COc1ccc(S(=O)(=O)c2ccc(CNC(=O)c3cnc4[nH]ncc4c3)cc2)c(C(F)(F)F)c1. The van der Waals surface area contributed by atoms with Gasteiger partial charge in [0.1, 0.15) is 5.75 Å². The van der Waals surface area contributed by atoms with E-state index in [0.717, 1.165) is 12.1 Å². The molecule has 4 rings (SSSR count). The number of nitrogens with one attached hydrogen (secondary N) is 2. The molecule has 4 aromatic rings. The lowest BCUT2D eigenvalue weighted by molar-refractivity contribution is -0.140. The minimum Gasteiger partial charge on any atom is -0.497 e. The lowest BCUT2D eigenvalue weighted by atomic mass is 10.2. The van der Waals surface area contributed by atoms with Crippen molar-refractivity contribution in [1.82, 2.24) is 20.5 Å². The number of nitrogens with zero attached hydrogens (tertiary/aromatic N) is 2. The summed E-state index contributed by atoms with van der Waals surface area (Å²) in [5, 5.41) is 9.86. The molecule has 0 aliphatic carbocycles. The molecule has 8 nitrogen and oxygen atoms in total. The highest BCUT2D eigenvalue weighted by atomic mass is 32.2. The van der Waals surface area contributed by atoms with Crippen LogP contribution in [0.2, 0.25) is 0 Å². The minimum atomic E-state index is -4.89. The van der Waals surface area contributed by atoms with Crippen LogP contribution in [0, 0.1) is 0 Å². The van der Waals surface area contributed by atoms with E-state index in [1.54, 1.807) is 6.07 Å². The number of aromatic nitrogens is 3. The maximum absolute atomic E-state index is 13.5. The molecule has 0 unspecified atom stereocenters. The van der Waals surface area contributed by atoms with Gasteiger partial charge < -0.3 is 10.1 Å². The second-order valence-corrected chi connectivity index (χ2v) is 9.14. The molecule has 0 bridgehead atoms. The van der Waals surface area contributed by atoms with Crippen molar-refractivity contribution in [3.05, 3.63) is 77.6 Å². The van der Waals surface area contributed by atoms with Crippen molar-refractivity contribution < 1.29 is 31.1 Å². The molecule has 0 atom stereocenters. The van der Waals surface area contributed by atoms with Gasteiger partial charge in [0.05, 0.1) is 34.2 Å². The Bertz CT molecular complexity index is 1470. The molecule has 0 aliphatic heterocycles. The Morgan fingerprint density at radius 3 is 2.50 bits per heavy atom. The number of rotatable bonds is 6. The van der Waals surface area contributed by atoms with Gasteiger partial charge in [-0.2, -0.15) is 18.3 Å². The van der Waals surface area contributed by atoms with E-state index >= 15 is 0 Å². The van der Waals surface area contributed by atoms with E-state index in [1.807, 2.05) is 0 Å². The topological polar surface area (TPSA) is 114 Å². The molecule has 12 heteroatoms. The first-order valence-corrected chi connectivity index (χ1v) is 11.2. The van der Waals surface area contributed by atoms with Crippen LogP contribution in [0.3, 0.4) is 0 Å². The van der Waals surface area contributed by atoms with Crippen molar-refractivity contribution in [3.8, 4) is 5.75 Å². The van der Waals surface area contributed by atoms with Crippen LogP contribution in [0.15, 0.2) is 70.7 Å². The van der Waals surface area contributed by atoms with Gasteiger partial charge in [0.2, 0.25) is 9.84 Å². The molecule has 0 aliphatic rings. The lowest BCUT2D eigenvalue weighted by Crippen LogP contribution is -2.23. The number of methoxy groups -OCH3 is 1. The maximum atomic E-state index is 13.5. The first-order chi connectivity index (χ1) is 16.1. The van der Waals surface area contributed by atoms with Crippen molar-refractivity contribution >= 4 is 26.8 Å². The average molecular weight is 490 g/mol. The predicted molar refractivity (Wildman–Crippen MR) is 115 cm³/mol. The van der Waals surface area contributed by atoms with Gasteiger partial charge in [-0.15, -0.1) is 0 Å². The number of hydrogen-bond acceptors (Lipinski definition) is 6. The lowest BCUT2D eigenvalue weighted by Gasteiger charge is -2.15. The average Bonchev–Trinajstić information content (AvgIpc) is 3.30. The Balaban J connectivity index is 1.52. The molecule has 0 radical (unpaired) electrons. The zero-order chi connectivity index (χ0) is 24.5. The van der Waals surface area contributed by atoms with Crippen LogP contribution in [-0.2, 0) is 22.6 Å². The van der Waals surface area contributed by atoms with E-state index in [-0.39, 0.29) is 17.2 Å². The van der Waals surface area contributed by atoms with E-state index in [0.29, 0.717) is 28.2 Å². The summed E-state index contributed by atoms with van der Waals surface area (Å²) in [5.74, 6) is -0.514. The third kappa shape index (κ3) is 4.57. The molecule has 0 saturated carbocycles. The Morgan fingerprint density at radius 2 is 1.82 bits per heavy atom. The first-order valence-electron chi connectivity index (χ1n) is 9.76. The monoisotopic (exact) mass is 490 g/mol. The van der Waals surface area contributed by atoms with Crippen LogP contribution in [0.5, 0.6) is 5.75 Å². The second-order valence-electron chi connectivity index (χ2n) is 7.22. The number of fused-ring (bicyclic) bond motifs is 1. The number of pyridine rings is 1. The molecule has 1 amide bonds. The fourth-order valence-electron chi connectivity index (χ4n) is 3.25.